The molecule has 21 heavy (non-hydrogen) atoms. The number of benzene rings is 1. The van der Waals surface area contributed by atoms with Gasteiger partial charge in [-0.05, 0) is 25.0 Å². The van der Waals surface area contributed by atoms with Crippen molar-refractivity contribution < 1.29 is 4.74 Å². The van der Waals surface area contributed by atoms with Crippen molar-refractivity contribution in [2.75, 3.05) is 19.1 Å². The Balaban J connectivity index is 2.59. The number of rotatable bonds is 7. The molecule has 0 aliphatic rings. The van der Waals surface area contributed by atoms with Crippen molar-refractivity contribution in [2.45, 2.75) is 33.2 Å². The van der Waals surface area contributed by atoms with Crippen molar-refractivity contribution in [1.82, 2.24) is 9.55 Å². The van der Waals surface area contributed by atoms with Gasteiger partial charge in [-0.3, -0.25) is 0 Å². The summed E-state index contributed by atoms with van der Waals surface area (Å²) in [6.45, 7) is 7.75. The van der Waals surface area contributed by atoms with Crippen molar-refractivity contribution in [3.05, 3.63) is 29.0 Å². The highest BCUT2D eigenvalue weighted by atomic mass is 35.5. The van der Waals surface area contributed by atoms with Crippen molar-refractivity contribution >= 4 is 34.2 Å². The minimum atomic E-state index is 0.202. The highest BCUT2D eigenvalue weighted by Crippen LogP contribution is 2.31. The molecule has 2 rings (SSSR count). The Morgan fingerprint density at radius 2 is 2.10 bits per heavy atom. The van der Waals surface area contributed by atoms with E-state index >= 15 is 0 Å². The Morgan fingerprint density at radius 3 is 2.71 bits per heavy atom. The fraction of sp³-hybridized carbons (Fsp3) is 0.562. The molecule has 116 valence electrons. The van der Waals surface area contributed by atoms with Gasteiger partial charge < -0.3 is 9.30 Å². The first-order chi connectivity index (χ1) is 10.1. The first kappa shape index (κ1) is 16.6. The lowest BCUT2D eigenvalue weighted by molar-refractivity contribution is 0.0969. The molecule has 0 bridgehead atoms. The molecule has 1 unspecified atom stereocenters. The van der Waals surface area contributed by atoms with Gasteiger partial charge >= 0.3 is 0 Å². The normalized spacial score (nSPS) is 13.2. The quantitative estimate of drug-likeness (QED) is 0.688. The van der Waals surface area contributed by atoms with E-state index in [0.717, 1.165) is 28.3 Å². The molecule has 0 spiro atoms. The van der Waals surface area contributed by atoms with E-state index in [1.54, 1.807) is 0 Å². The molecule has 0 aliphatic heterocycles. The molecule has 0 amide bonds. The van der Waals surface area contributed by atoms with Gasteiger partial charge in [0.25, 0.3) is 0 Å². The van der Waals surface area contributed by atoms with E-state index in [9.17, 15) is 0 Å². The zero-order chi connectivity index (χ0) is 15.4. The minimum absolute atomic E-state index is 0.202. The van der Waals surface area contributed by atoms with E-state index in [0.29, 0.717) is 25.0 Å². The van der Waals surface area contributed by atoms with Gasteiger partial charge in [0.1, 0.15) is 5.82 Å². The molecular formula is C16H22Cl2N2O. The second-order valence-corrected chi connectivity index (χ2v) is 6.20. The van der Waals surface area contributed by atoms with E-state index in [1.165, 1.54) is 0 Å². The lowest BCUT2D eigenvalue weighted by atomic mass is 10.0. The van der Waals surface area contributed by atoms with Crippen molar-refractivity contribution in [1.29, 1.82) is 0 Å². The smallest absolute Gasteiger partial charge is 0.111 e. The summed E-state index contributed by atoms with van der Waals surface area (Å²) in [6, 6.07) is 6.03. The van der Waals surface area contributed by atoms with Gasteiger partial charge in [0, 0.05) is 18.9 Å². The van der Waals surface area contributed by atoms with Crippen LogP contribution < -0.4 is 0 Å². The summed E-state index contributed by atoms with van der Waals surface area (Å²) in [7, 11) is 0. The number of hydrogen-bond acceptors (Lipinski definition) is 2. The number of alkyl halides is 1. The molecule has 1 aromatic carbocycles. The molecule has 3 nitrogen and oxygen atoms in total. The number of fused-ring (bicyclic) bond motifs is 1. The van der Waals surface area contributed by atoms with E-state index in [4.69, 9.17) is 32.9 Å². The topological polar surface area (TPSA) is 27.1 Å². The lowest BCUT2D eigenvalue weighted by Gasteiger charge is -2.25. The van der Waals surface area contributed by atoms with Crippen LogP contribution in [0.25, 0.3) is 11.0 Å². The first-order valence-electron chi connectivity index (χ1n) is 7.39. The summed E-state index contributed by atoms with van der Waals surface area (Å²) >= 11 is 12.4. The van der Waals surface area contributed by atoms with E-state index in [2.05, 4.69) is 18.4 Å². The third-order valence-corrected chi connectivity index (χ3v) is 4.14. The van der Waals surface area contributed by atoms with E-state index in [1.807, 2.05) is 25.1 Å². The van der Waals surface area contributed by atoms with Crippen LogP contribution in [-0.2, 0) is 11.2 Å². The minimum Gasteiger partial charge on any atom is -0.380 e. The third kappa shape index (κ3) is 3.53. The molecule has 0 N–H and O–H groups in total. The molecule has 2 aromatic rings. The van der Waals surface area contributed by atoms with Crippen LogP contribution in [0, 0.1) is 5.92 Å². The van der Waals surface area contributed by atoms with E-state index in [-0.39, 0.29) is 6.04 Å². The fourth-order valence-electron chi connectivity index (χ4n) is 2.58. The Labute approximate surface area is 136 Å². The van der Waals surface area contributed by atoms with Crippen LogP contribution in [0.4, 0.5) is 0 Å². The summed E-state index contributed by atoms with van der Waals surface area (Å²) in [5, 5.41) is 0.725. The van der Waals surface area contributed by atoms with Crippen LogP contribution in [0.3, 0.4) is 0 Å². The second-order valence-electron chi connectivity index (χ2n) is 5.42. The van der Waals surface area contributed by atoms with Crippen LogP contribution in [-0.4, -0.2) is 28.6 Å². The number of ether oxygens (including phenoxy) is 1. The number of aryl methyl sites for hydroxylation is 1. The predicted molar refractivity (Wildman–Crippen MR) is 89.5 cm³/mol. The van der Waals surface area contributed by atoms with Gasteiger partial charge in [0.05, 0.1) is 28.7 Å². The molecular weight excluding hydrogens is 307 g/mol. The third-order valence-electron chi connectivity index (χ3n) is 3.65. The van der Waals surface area contributed by atoms with Gasteiger partial charge in [0.15, 0.2) is 0 Å². The summed E-state index contributed by atoms with van der Waals surface area (Å²) in [5.74, 6) is 1.94. The average molecular weight is 329 g/mol. The first-order valence-corrected chi connectivity index (χ1v) is 8.30. The Kier molecular flexibility index (Phi) is 5.91. The van der Waals surface area contributed by atoms with Crippen molar-refractivity contribution in [2.24, 2.45) is 5.92 Å². The maximum absolute atomic E-state index is 6.42. The van der Waals surface area contributed by atoms with Crippen LogP contribution in [0.2, 0.25) is 5.02 Å². The van der Waals surface area contributed by atoms with Crippen molar-refractivity contribution in [3.8, 4) is 0 Å². The molecule has 1 atom stereocenters. The molecule has 0 aliphatic carbocycles. The summed E-state index contributed by atoms with van der Waals surface area (Å²) < 4.78 is 7.90. The zero-order valence-electron chi connectivity index (χ0n) is 12.8. The number of halogens is 2. The Morgan fingerprint density at radius 1 is 1.33 bits per heavy atom. The maximum atomic E-state index is 6.42. The van der Waals surface area contributed by atoms with Crippen molar-refractivity contribution in [3.63, 3.8) is 0 Å². The van der Waals surface area contributed by atoms with Crippen LogP contribution in [0.5, 0.6) is 0 Å². The van der Waals surface area contributed by atoms with Gasteiger partial charge in [-0.1, -0.05) is 31.5 Å². The number of nitrogens with zero attached hydrogens (tertiary/aromatic N) is 2. The summed E-state index contributed by atoms with van der Waals surface area (Å²) in [4.78, 5) is 4.71. The fourth-order valence-corrected chi connectivity index (χ4v) is 3.01. The van der Waals surface area contributed by atoms with Gasteiger partial charge in [-0.25, -0.2) is 4.98 Å². The largest absolute Gasteiger partial charge is 0.380 e. The highest BCUT2D eigenvalue weighted by Gasteiger charge is 2.23. The SMILES string of the molecule is CCOCC(C(C)C)n1c(CCCl)nc2cccc(Cl)c21. The Hall–Kier alpha value is -0.770. The highest BCUT2D eigenvalue weighted by molar-refractivity contribution is 6.35. The number of imidazole rings is 1. The standard InChI is InChI=1S/C16H22Cl2N2O/c1-4-21-10-14(11(2)3)20-15(8-9-17)19-13-7-5-6-12(18)16(13)20/h5-7,11,14H,4,8-10H2,1-3H3. The predicted octanol–water partition coefficient (Wildman–Crippen LogP) is 4.70. The number of aromatic nitrogens is 2. The molecule has 0 radical (unpaired) electrons. The van der Waals surface area contributed by atoms with Crippen LogP contribution in [0.1, 0.15) is 32.6 Å². The van der Waals surface area contributed by atoms with E-state index < -0.39 is 0 Å². The molecule has 0 fully saturated rings. The van der Waals surface area contributed by atoms with Gasteiger partial charge in [-0.2, -0.15) is 0 Å². The second kappa shape index (κ2) is 7.48. The molecule has 0 saturated heterocycles. The summed E-state index contributed by atoms with van der Waals surface area (Å²) in [5.41, 5.74) is 1.91. The van der Waals surface area contributed by atoms with Gasteiger partial charge in [-0.15, -0.1) is 11.6 Å². The van der Waals surface area contributed by atoms with Gasteiger partial charge in [0.2, 0.25) is 0 Å². The van der Waals surface area contributed by atoms with Crippen LogP contribution in [0.15, 0.2) is 18.2 Å². The molecule has 5 heteroatoms. The maximum Gasteiger partial charge on any atom is 0.111 e. The number of para-hydroxylation sites is 1. The lowest BCUT2D eigenvalue weighted by Crippen LogP contribution is -2.23. The molecule has 1 aromatic heterocycles. The Bertz CT molecular complexity index is 595. The average Bonchev–Trinajstić information content (AvgIpc) is 2.79. The monoisotopic (exact) mass is 328 g/mol. The molecule has 1 heterocycles. The number of hydrogen-bond donors (Lipinski definition) is 0. The van der Waals surface area contributed by atoms with Crippen LogP contribution >= 0.6 is 23.2 Å². The molecule has 0 saturated carbocycles. The zero-order valence-corrected chi connectivity index (χ0v) is 14.3. The summed E-state index contributed by atoms with van der Waals surface area (Å²) in [6.07, 6.45) is 0.724.